The van der Waals surface area contributed by atoms with E-state index >= 15 is 0 Å². The molecule has 0 heterocycles. The van der Waals surface area contributed by atoms with E-state index in [2.05, 4.69) is 10.7 Å². The van der Waals surface area contributed by atoms with Gasteiger partial charge < -0.3 is 10.4 Å². The topological polar surface area (TPSA) is 81.7 Å². The highest BCUT2D eigenvalue weighted by Gasteiger charge is 2.34. The number of hydrazine groups is 1. The van der Waals surface area contributed by atoms with Crippen LogP contribution >= 0.6 is 0 Å². The largest absolute Gasteiger partial charge is 0.480 e. The minimum atomic E-state index is -1.06. The van der Waals surface area contributed by atoms with Crippen molar-refractivity contribution in [2.24, 2.45) is 5.41 Å². The first kappa shape index (κ1) is 21.4. The normalized spacial score (nSPS) is 12.3. The third kappa shape index (κ3) is 6.35. The number of nitrogens with zero attached hydrogens (tertiary/aromatic N) is 1. The lowest BCUT2D eigenvalue weighted by atomic mass is 9.87. The van der Waals surface area contributed by atoms with Gasteiger partial charge in [0.15, 0.2) is 0 Å². The molecule has 0 aromatic heterocycles. The van der Waals surface area contributed by atoms with Crippen LogP contribution in [0.25, 0.3) is 0 Å². The van der Waals surface area contributed by atoms with Gasteiger partial charge in [-0.1, -0.05) is 63.2 Å². The average Bonchev–Trinajstić information content (AvgIpc) is 2.64. The number of amides is 2. The second-order valence-electron chi connectivity index (χ2n) is 7.62. The van der Waals surface area contributed by atoms with E-state index in [4.69, 9.17) is 0 Å². The minimum Gasteiger partial charge on any atom is -0.480 e. The van der Waals surface area contributed by atoms with Crippen molar-refractivity contribution in [3.05, 3.63) is 71.5 Å². The zero-order chi connectivity index (χ0) is 20.7. The van der Waals surface area contributed by atoms with Crippen LogP contribution < -0.4 is 10.7 Å². The van der Waals surface area contributed by atoms with E-state index < -0.39 is 23.5 Å². The number of benzene rings is 2. The highest BCUT2D eigenvalue weighted by Crippen LogP contribution is 2.20. The van der Waals surface area contributed by atoms with Crippen molar-refractivity contribution < 1.29 is 19.1 Å². The van der Waals surface area contributed by atoms with Crippen molar-refractivity contribution >= 4 is 12.0 Å². The van der Waals surface area contributed by atoms with Gasteiger partial charge >= 0.3 is 12.0 Å². The third-order valence-corrected chi connectivity index (χ3v) is 4.18. The van der Waals surface area contributed by atoms with Crippen LogP contribution in [0.4, 0.5) is 9.18 Å². The standard InChI is InChI=1S/C21H26FN3O3/c1-21(2,3)18(19(26)27)24-25(14-16-9-11-17(22)12-10-16)20(28)23-13-15-7-5-4-6-8-15/h4-12,18,24H,13-14H2,1-3H3,(H,23,28)(H,26,27). The molecule has 0 aliphatic carbocycles. The molecule has 0 spiro atoms. The molecule has 0 fully saturated rings. The Balaban J connectivity index is 2.17. The Kier molecular flexibility index (Phi) is 7.12. The average molecular weight is 387 g/mol. The highest BCUT2D eigenvalue weighted by molar-refractivity contribution is 5.77. The van der Waals surface area contributed by atoms with E-state index in [9.17, 15) is 19.1 Å². The zero-order valence-corrected chi connectivity index (χ0v) is 16.3. The number of urea groups is 1. The molecule has 6 nitrogen and oxygen atoms in total. The van der Waals surface area contributed by atoms with Gasteiger partial charge in [0.2, 0.25) is 0 Å². The molecule has 0 bridgehead atoms. The summed E-state index contributed by atoms with van der Waals surface area (Å²) in [6.45, 7) is 5.71. The van der Waals surface area contributed by atoms with Crippen molar-refractivity contribution in [3.8, 4) is 0 Å². The van der Waals surface area contributed by atoms with E-state index in [1.807, 2.05) is 30.3 Å². The summed E-state index contributed by atoms with van der Waals surface area (Å²) in [6, 6.07) is 13.6. The molecule has 0 aliphatic heterocycles. The number of carbonyl (C=O) groups excluding carboxylic acids is 1. The van der Waals surface area contributed by atoms with Crippen LogP contribution in [0.5, 0.6) is 0 Å². The molecule has 2 aromatic carbocycles. The second-order valence-corrected chi connectivity index (χ2v) is 7.62. The summed E-state index contributed by atoms with van der Waals surface area (Å²) in [7, 11) is 0. The lowest BCUT2D eigenvalue weighted by Gasteiger charge is -2.34. The van der Waals surface area contributed by atoms with Gasteiger partial charge in [0.1, 0.15) is 11.9 Å². The maximum Gasteiger partial charge on any atom is 0.332 e. The van der Waals surface area contributed by atoms with Gasteiger partial charge in [0, 0.05) is 6.54 Å². The predicted molar refractivity (Wildman–Crippen MR) is 105 cm³/mol. The second kappa shape index (κ2) is 9.32. The molecule has 28 heavy (non-hydrogen) atoms. The Hall–Kier alpha value is -2.93. The van der Waals surface area contributed by atoms with Crippen molar-refractivity contribution in [1.29, 1.82) is 0 Å². The summed E-state index contributed by atoms with van der Waals surface area (Å²) >= 11 is 0. The van der Waals surface area contributed by atoms with Crippen LogP contribution in [0.3, 0.4) is 0 Å². The number of hydrogen-bond donors (Lipinski definition) is 3. The van der Waals surface area contributed by atoms with Gasteiger partial charge in [0.25, 0.3) is 0 Å². The molecular formula is C21H26FN3O3. The molecule has 2 rings (SSSR count). The molecule has 7 heteroatoms. The van der Waals surface area contributed by atoms with Crippen LogP contribution in [-0.4, -0.2) is 28.2 Å². The Bertz CT molecular complexity index is 789. The van der Waals surface area contributed by atoms with Crippen molar-refractivity contribution in [1.82, 2.24) is 15.8 Å². The van der Waals surface area contributed by atoms with Gasteiger partial charge in [-0.3, -0.25) is 9.80 Å². The fraction of sp³-hybridized carbons (Fsp3) is 0.333. The quantitative estimate of drug-likeness (QED) is 0.635. The molecule has 0 radical (unpaired) electrons. The first-order valence-electron chi connectivity index (χ1n) is 8.99. The molecule has 0 aliphatic rings. The number of carbonyl (C=O) groups is 2. The third-order valence-electron chi connectivity index (χ3n) is 4.18. The fourth-order valence-electron chi connectivity index (χ4n) is 2.59. The number of carboxylic acids is 1. The number of nitrogens with one attached hydrogen (secondary N) is 2. The number of halogens is 1. The van der Waals surface area contributed by atoms with E-state index in [0.29, 0.717) is 12.1 Å². The maximum absolute atomic E-state index is 13.2. The Morgan fingerprint density at radius 2 is 1.64 bits per heavy atom. The molecule has 3 N–H and O–H groups in total. The SMILES string of the molecule is CC(C)(C)C(NN(Cc1ccc(F)cc1)C(=O)NCc1ccccc1)C(=O)O. The van der Waals surface area contributed by atoms with E-state index in [1.165, 1.54) is 17.1 Å². The molecular weight excluding hydrogens is 361 g/mol. The van der Waals surface area contributed by atoms with Gasteiger partial charge in [-0.25, -0.2) is 14.6 Å². The Morgan fingerprint density at radius 1 is 1.04 bits per heavy atom. The van der Waals surface area contributed by atoms with Crippen molar-refractivity contribution in [2.45, 2.75) is 39.9 Å². The van der Waals surface area contributed by atoms with Crippen LogP contribution in [0.2, 0.25) is 0 Å². The van der Waals surface area contributed by atoms with Gasteiger partial charge in [-0.15, -0.1) is 0 Å². The Labute approximate surface area is 164 Å². The van der Waals surface area contributed by atoms with E-state index in [1.54, 1.807) is 32.9 Å². The predicted octanol–water partition coefficient (Wildman–Crippen LogP) is 3.54. The molecule has 0 saturated heterocycles. The van der Waals surface area contributed by atoms with Crippen molar-refractivity contribution in [2.75, 3.05) is 0 Å². The Morgan fingerprint density at radius 3 is 2.18 bits per heavy atom. The van der Waals surface area contributed by atoms with Crippen LogP contribution in [0.15, 0.2) is 54.6 Å². The first-order valence-corrected chi connectivity index (χ1v) is 8.99. The number of rotatable bonds is 7. The summed E-state index contributed by atoms with van der Waals surface area (Å²) in [5.41, 5.74) is 3.78. The molecule has 1 atom stereocenters. The molecule has 150 valence electrons. The summed E-state index contributed by atoms with van der Waals surface area (Å²) in [6.07, 6.45) is 0. The smallest absolute Gasteiger partial charge is 0.332 e. The minimum absolute atomic E-state index is 0.0841. The summed E-state index contributed by atoms with van der Waals surface area (Å²) < 4.78 is 13.2. The molecule has 1 unspecified atom stereocenters. The summed E-state index contributed by atoms with van der Waals surface area (Å²) in [4.78, 5) is 24.5. The van der Waals surface area contributed by atoms with Gasteiger partial charge in [-0.2, -0.15) is 0 Å². The van der Waals surface area contributed by atoms with Gasteiger partial charge in [0.05, 0.1) is 6.54 Å². The molecule has 2 amide bonds. The van der Waals surface area contributed by atoms with E-state index in [-0.39, 0.29) is 12.4 Å². The lowest BCUT2D eigenvalue weighted by Crippen LogP contribution is -2.57. The number of hydrogen-bond acceptors (Lipinski definition) is 3. The van der Waals surface area contributed by atoms with Crippen LogP contribution in [0, 0.1) is 11.2 Å². The first-order chi connectivity index (χ1) is 13.2. The maximum atomic E-state index is 13.2. The molecule has 2 aromatic rings. The van der Waals surface area contributed by atoms with Gasteiger partial charge in [-0.05, 0) is 28.7 Å². The number of carboxylic acid groups (broad SMARTS) is 1. The van der Waals surface area contributed by atoms with Crippen molar-refractivity contribution in [3.63, 3.8) is 0 Å². The zero-order valence-electron chi connectivity index (χ0n) is 16.3. The van der Waals surface area contributed by atoms with E-state index in [0.717, 1.165) is 5.56 Å². The fourth-order valence-corrected chi connectivity index (χ4v) is 2.59. The van der Waals surface area contributed by atoms with Crippen LogP contribution in [-0.2, 0) is 17.9 Å². The highest BCUT2D eigenvalue weighted by atomic mass is 19.1. The lowest BCUT2D eigenvalue weighted by molar-refractivity contribution is -0.144. The monoisotopic (exact) mass is 387 g/mol. The molecule has 0 saturated carbocycles. The number of aliphatic carboxylic acids is 1. The van der Waals surface area contributed by atoms with Crippen LogP contribution in [0.1, 0.15) is 31.9 Å². The summed E-state index contributed by atoms with van der Waals surface area (Å²) in [5.74, 6) is -1.44. The summed E-state index contributed by atoms with van der Waals surface area (Å²) in [5, 5.41) is 13.6.